The van der Waals surface area contributed by atoms with E-state index in [1.165, 1.54) is 0 Å². The highest BCUT2D eigenvalue weighted by Gasteiger charge is 2.13. The van der Waals surface area contributed by atoms with E-state index in [0.717, 1.165) is 21.7 Å². The van der Waals surface area contributed by atoms with E-state index < -0.39 is 0 Å². The zero-order valence-electron chi connectivity index (χ0n) is 12.2. The van der Waals surface area contributed by atoms with E-state index in [-0.39, 0.29) is 10.3 Å². The van der Waals surface area contributed by atoms with Crippen LogP contribution < -0.4 is 5.56 Å². The molecule has 0 radical (unpaired) electrons. The van der Waals surface area contributed by atoms with Gasteiger partial charge in [-0.2, -0.15) is 0 Å². The Kier molecular flexibility index (Phi) is 3.80. The predicted octanol–water partition coefficient (Wildman–Crippen LogP) is 5.03. The first-order valence-electron chi connectivity index (χ1n) is 7.09. The van der Waals surface area contributed by atoms with Gasteiger partial charge in [-0.3, -0.25) is 9.78 Å². The molecular formula is C17H10ClN3OS2. The van der Waals surface area contributed by atoms with Crippen LogP contribution >= 0.6 is 35.2 Å². The number of nitrogens with one attached hydrogen (secondary N) is 2. The van der Waals surface area contributed by atoms with Crippen molar-refractivity contribution in [1.29, 1.82) is 0 Å². The molecule has 0 fully saturated rings. The smallest absolute Gasteiger partial charge is 0.261 e. The van der Waals surface area contributed by atoms with Gasteiger partial charge in [0, 0.05) is 21.0 Å². The van der Waals surface area contributed by atoms with Crippen molar-refractivity contribution < 1.29 is 0 Å². The maximum absolute atomic E-state index is 12.4. The topological polar surface area (TPSA) is 61.5 Å². The minimum absolute atomic E-state index is 0.243. The van der Waals surface area contributed by atoms with Gasteiger partial charge in [0.15, 0.2) is 4.77 Å². The fraction of sp³-hybridized carbons (Fsp3) is 0. The molecule has 0 atom stereocenters. The summed E-state index contributed by atoms with van der Waals surface area (Å²) in [6.45, 7) is 0. The fourth-order valence-electron chi connectivity index (χ4n) is 2.56. The highest BCUT2D eigenvalue weighted by atomic mass is 35.5. The highest BCUT2D eigenvalue weighted by Crippen LogP contribution is 2.32. The second kappa shape index (κ2) is 5.98. The third kappa shape index (κ3) is 2.69. The van der Waals surface area contributed by atoms with Crippen molar-refractivity contribution in [1.82, 2.24) is 15.0 Å². The van der Waals surface area contributed by atoms with Gasteiger partial charge in [-0.1, -0.05) is 29.8 Å². The van der Waals surface area contributed by atoms with Gasteiger partial charge >= 0.3 is 0 Å². The minimum atomic E-state index is -0.243. The molecule has 0 amide bonds. The van der Waals surface area contributed by atoms with E-state index in [0.29, 0.717) is 16.1 Å². The van der Waals surface area contributed by atoms with Crippen LogP contribution in [0, 0.1) is 4.77 Å². The molecule has 2 N–H and O–H groups in total. The summed E-state index contributed by atoms with van der Waals surface area (Å²) in [5, 5.41) is 3.14. The van der Waals surface area contributed by atoms with Crippen LogP contribution in [0.15, 0.2) is 52.6 Å². The summed E-state index contributed by atoms with van der Waals surface area (Å²) in [4.78, 5) is 23.6. The summed E-state index contributed by atoms with van der Waals surface area (Å²) < 4.78 is 0.255. The quantitative estimate of drug-likeness (QED) is 0.486. The largest absolute Gasteiger partial charge is 0.316 e. The lowest BCUT2D eigenvalue weighted by molar-refractivity contribution is 1.11. The van der Waals surface area contributed by atoms with Crippen molar-refractivity contribution in [3.05, 3.63) is 68.0 Å². The summed E-state index contributed by atoms with van der Waals surface area (Å²) in [7, 11) is 0. The molecular weight excluding hydrogens is 362 g/mol. The number of fused-ring (bicyclic) bond motifs is 1. The van der Waals surface area contributed by atoms with Gasteiger partial charge in [0.1, 0.15) is 5.65 Å². The van der Waals surface area contributed by atoms with Crippen molar-refractivity contribution in [3.63, 3.8) is 0 Å². The molecule has 3 heterocycles. The fourth-order valence-corrected chi connectivity index (χ4v) is 3.63. The number of benzene rings is 1. The lowest BCUT2D eigenvalue weighted by Gasteiger charge is -2.08. The first kappa shape index (κ1) is 15.3. The monoisotopic (exact) mass is 371 g/mol. The average molecular weight is 372 g/mol. The SMILES string of the molecule is O=c1[nH]c(=S)[nH]c2nc(-c3ccc(Cl)cc3)cc(-c3cccs3)c12. The van der Waals surface area contributed by atoms with Crippen LogP contribution in [0.1, 0.15) is 0 Å². The number of rotatable bonds is 2. The van der Waals surface area contributed by atoms with Gasteiger partial charge in [0.2, 0.25) is 0 Å². The molecule has 3 aromatic heterocycles. The van der Waals surface area contributed by atoms with E-state index in [4.69, 9.17) is 23.8 Å². The van der Waals surface area contributed by atoms with E-state index in [2.05, 4.69) is 15.0 Å². The molecule has 4 aromatic rings. The number of H-pyrrole nitrogens is 2. The summed E-state index contributed by atoms with van der Waals surface area (Å²) in [6.07, 6.45) is 0. The Hall–Kier alpha value is -2.28. The molecule has 0 bridgehead atoms. The Morgan fingerprint density at radius 2 is 1.92 bits per heavy atom. The molecule has 0 aliphatic carbocycles. The van der Waals surface area contributed by atoms with Gasteiger partial charge in [-0.05, 0) is 41.9 Å². The molecule has 0 saturated heterocycles. The summed E-state index contributed by atoms with van der Waals surface area (Å²) in [5.41, 5.74) is 2.72. The van der Waals surface area contributed by atoms with E-state index in [1.807, 2.05) is 47.8 Å². The second-order valence-corrected chi connectivity index (χ2v) is 6.96. The number of hydrogen-bond acceptors (Lipinski definition) is 4. The van der Waals surface area contributed by atoms with Gasteiger partial charge in [0.25, 0.3) is 5.56 Å². The molecule has 24 heavy (non-hydrogen) atoms. The number of pyridine rings is 1. The first-order valence-corrected chi connectivity index (χ1v) is 8.75. The average Bonchev–Trinajstić information content (AvgIpc) is 3.08. The first-order chi connectivity index (χ1) is 11.6. The Bertz CT molecular complexity index is 1150. The molecule has 1 aromatic carbocycles. The Labute approximate surface area is 150 Å². The Morgan fingerprint density at radius 1 is 1.12 bits per heavy atom. The maximum Gasteiger partial charge on any atom is 0.261 e. The van der Waals surface area contributed by atoms with Crippen LogP contribution in [0.2, 0.25) is 5.02 Å². The molecule has 0 saturated carbocycles. The van der Waals surface area contributed by atoms with Gasteiger partial charge in [-0.25, -0.2) is 4.98 Å². The van der Waals surface area contributed by atoms with Crippen LogP contribution in [0.3, 0.4) is 0 Å². The van der Waals surface area contributed by atoms with Crippen LogP contribution in [0.4, 0.5) is 0 Å². The molecule has 4 rings (SSSR count). The number of hydrogen-bond donors (Lipinski definition) is 2. The maximum atomic E-state index is 12.4. The van der Waals surface area contributed by atoms with Crippen LogP contribution in [0.5, 0.6) is 0 Å². The molecule has 4 nitrogen and oxygen atoms in total. The van der Waals surface area contributed by atoms with Crippen molar-refractivity contribution >= 4 is 46.2 Å². The highest BCUT2D eigenvalue weighted by molar-refractivity contribution is 7.71. The Balaban J connectivity index is 2.09. The van der Waals surface area contributed by atoms with Crippen molar-refractivity contribution in [2.75, 3.05) is 0 Å². The standard InChI is InChI=1S/C17H10ClN3OS2/c18-10-5-3-9(4-6-10)12-8-11(13-2-1-7-24-13)14-15(19-12)20-17(23)21-16(14)22/h1-8H,(H2,19,20,21,22,23). The van der Waals surface area contributed by atoms with Crippen LogP contribution in [-0.2, 0) is 0 Å². The summed E-state index contributed by atoms with van der Waals surface area (Å²) in [6, 6.07) is 13.3. The van der Waals surface area contributed by atoms with E-state index in [9.17, 15) is 4.79 Å². The van der Waals surface area contributed by atoms with Crippen molar-refractivity contribution in [2.45, 2.75) is 0 Å². The number of halogens is 1. The van der Waals surface area contributed by atoms with Crippen molar-refractivity contribution in [3.8, 4) is 21.7 Å². The summed E-state index contributed by atoms with van der Waals surface area (Å²) in [5.74, 6) is 0. The molecule has 0 spiro atoms. The van der Waals surface area contributed by atoms with Gasteiger partial charge in [0.05, 0.1) is 11.1 Å². The Morgan fingerprint density at radius 3 is 2.62 bits per heavy atom. The number of nitrogens with zero attached hydrogens (tertiary/aromatic N) is 1. The van der Waals surface area contributed by atoms with Crippen LogP contribution in [0.25, 0.3) is 32.7 Å². The normalized spacial score (nSPS) is 11.0. The predicted molar refractivity (Wildman–Crippen MR) is 101 cm³/mol. The molecule has 0 aliphatic heterocycles. The lowest BCUT2D eigenvalue weighted by atomic mass is 10.1. The van der Waals surface area contributed by atoms with Gasteiger partial charge < -0.3 is 4.98 Å². The lowest BCUT2D eigenvalue weighted by Crippen LogP contribution is -2.10. The second-order valence-electron chi connectivity index (χ2n) is 5.17. The van der Waals surface area contributed by atoms with E-state index >= 15 is 0 Å². The zero-order valence-corrected chi connectivity index (χ0v) is 14.6. The number of aromatic amines is 2. The minimum Gasteiger partial charge on any atom is -0.316 e. The van der Waals surface area contributed by atoms with Gasteiger partial charge in [-0.15, -0.1) is 11.3 Å². The molecule has 0 aliphatic rings. The molecule has 0 unspecified atom stereocenters. The zero-order chi connectivity index (χ0) is 16.7. The van der Waals surface area contributed by atoms with Crippen LogP contribution in [-0.4, -0.2) is 15.0 Å². The molecule has 7 heteroatoms. The number of aromatic nitrogens is 3. The molecule has 118 valence electrons. The third-order valence-electron chi connectivity index (χ3n) is 3.63. The van der Waals surface area contributed by atoms with E-state index in [1.54, 1.807) is 11.3 Å². The summed E-state index contributed by atoms with van der Waals surface area (Å²) >= 11 is 12.6. The van der Waals surface area contributed by atoms with Crippen molar-refractivity contribution in [2.24, 2.45) is 0 Å². The third-order valence-corrected chi connectivity index (χ3v) is 4.99. The number of thiophene rings is 1.